The number of aliphatic carboxylic acids is 2. The molecule has 1 aromatic rings. The van der Waals surface area contributed by atoms with Gasteiger partial charge in [0, 0.05) is 49.5 Å². The zero-order valence-electron chi connectivity index (χ0n) is 27.0. The van der Waals surface area contributed by atoms with E-state index in [-0.39, 0.29) is 109 Å². The molecule has 0 aliphatic carbocycles. The molecular formula is C30H51N3Na2O6. The van der Waals surface area contributed by atoms with Crippen molar-refractivity contribution >= 4 is 23.8 Å². The van der Waals surface area contributed by atoms with Gasteiger partial charge in [-0.3, -0.25) is 9.59 Å². The molecule has 1 rings (SSSR count). The van der Waals surface area contributed by atoms with Gasteiger partial charge in [0.25, 0.3) is 0 Å². The van der Waals surface area contributed by atoms with Crippen LogP contribution in [0.3, 0.4) is 0 Å². The Hall–Kier alpha value is -1.20. The molecule has 0 aromatic heterocycles. The number of carboxylic acids is 2. The van der Waals surface area contributed by atoms with E-state index < -0.39 is 11.9 Å². The van der Waals surface area contributed by atoms with Gasteiger partial charge in [-0.05, 0) is 65.4 Å². The normalized spacial score (nSPS) is 11.2. The van der Waals surface area contributed by atoms with Crippen LogP contribution in [0.1, 0.15) is 99.0 Å². The van der Waals surface area contributed by atoms with Crippen molar-refractivity contribution in [3.63, 3.8) is 0 Å². The zero-order chi connectivity index (χ0) is 30.8. The maximum absolute atomic E-state index is 12.1. The minimum absolute atomic E-state index is 0. The molecule has 0 saturated heterocycles. The van der Waals surface area contributed by atoms with E-state index in [1.165, 1.54) is 0 Å². The summed E-state index contributed by atoms with van der Waals surface area (Å²) in [5.74, 6) is -2.73. The van der Waals surface area contributed by atoms with Crippen LogP contribution in [-0.4, -0.2) is 46.8 Å². The molecule has 41 heavy (non-hydrogen) atoms. The molecular weight excluding hydrogens is 544 g/mol. The van der Waals surface area contributed by atoms with Gasteiger partial charge in [-0.15, -0.1) is 6.58 Å². The van der Waals surface area contributed by atoms with Crippen LogP contribution in [0.25, 0.3) is 0 Å². The average Bonchev–Trinajstić information content (AvgIpc) is 2.90. The molecule has 0 aliphatic rings. The number of nitrogens with two attached hydrogens (primary N) is 1. The molecule has 0 spiro atoms. The van der Waals surface area contributed by atoms with Gasteiger partial charge in [-0.1, -0.05) is 57.2 Å². The molecule has 3 unspecified atom stereocenters. The van der Waals surface area contributed by atoms with Crippen LogP contribution < -0.4 is 80.4 Å². The second-order valence-electron chi connectivity index (χ2n) is 9.18. The fourth-order valence-electron chi connectivity index (χ4n) is 2.51. The Kier molecular flexibility index (Phi) is 40.2. The van der Waals surface area contributed by atoms with Gasteiger partial charge >= 0.3 is 59.1 Å². The number of carbonyl (C=O) groups excluding carboxylic acids is 4. The quantitative estimate of drug-likeness (QED) is 0.179. The van der Waals surface area contributed by atoms with Crippen molar-refractivity contribution in [2.24, 2.45) is 5.73 Å². The summed E-state index contributed by atoms with van der Waals surface area (Å²) in [6, 6.07) is 10.3. The van der Waals surface area contributed by atoms with E-state index in [0.717, 1.165) is 24.8 Å². The summed E-state index contributed by atoms with van der Waals surface area (Å²) < 4.78 is 0. The van der Waals surface area contributed by atoms with Crippen molar-refractivity contribution in [3.8, 4) is 0 Å². The first-order valence-electron chi connectivity index (χ1n) is 13.6. The summed E-state index contributed by atoms with van der Waals surface area (Å²) in [5, 5.41) is 23.1. The van der Waals surface area contributed by atoms with Gasteiger partial charge in [0.2, 0.25) is 11.8 Å². The van der Waals surface area contributed by atoms with Crippen molar-refractivity contribution in [1.82, 2.24) is 10.2 Å². The Labute approximate surface area is 292 Å². The summed E-state index contributed by atoms with van der Waals surface area (Å²) in [5.41, 5.74) is 6.34. The van der Waals surface area contributed by atoms with Crippen molar-refractivity contribution in [1.29, 1.82) is 0 Å². The van der Waals surface area contributed by atoms with E-state index in [1.54, 1.807) is 11.0 Å². The van der Waals surface area contributed by atoms with Crippen LogP contribution in [0.5, 0.6) is 0 Å². The third-order valence-corrected chi connectivity index (χ3v) is 5.40. The fourth-order valence-corrected chi connectivity index (χ4v) is 2.51. The standard InChI is InChI=1S/C15H21NO3.C8H15NO3.C4H11N.C3H6.2Na/c1-3-12(2)16(14(17)9-10-15(18)19)11-13-7-5-4-6-8-13;1-3-6(2)9-7(10)4-5-8(11)12;1-3-4(2)5;1-3-2;;/h4-8,12H,3,9-11H2,1-2H3,(H,18,19);6H,3-5H2,1-2H3,(H,9,10)(H,11,12);4H,3,5H2,1-2H3;3H,1H2,2H3;;/q;;;;2*+1/p-2. The zero-order valence-corrected chi connectivity index (χ0v) is 31.0. The number of carboxylic acid groups (broad SMARTS) is 2. The number of benzene rings is 1. The Morgan fingerprint density at radius 3 is 1.68 bits per heavy atom. The predicted molar refractivity (Wildman–Crippen MR) is 153 cm³/mol. The van der Waals surface area contributed by atoms with Crippen molar-refractivity contribution < 1.29 is 88.5 Å². The van der Waals surface area contributed by atoms with Crippen molar-refractivity contribution in [2.45, 2.75) is 118 Å². The Morgan fingerprint density at radius 1 is 0.878 bits per heavy atom. The Morgan fingerprint density at radius 2 is 1.32 bits per heavy atom. The molecule has 0 bridgehead atoms. The van der Waals surface area contributed by atoms with Crippen LogP contribution in [-0.2, 0) is 25.7 Å². The van der Waals surface area contributed by atoms with Gasteiger partial charge in [0.15, 0.2) is 0 Å². The average molecular weight is 596 g/mol. The van der Waals surface area contributed by atoms with E-state index in [9.17, 15) is 29.4 Å². The van der Waals surface area contributed by atoms with Crippen molar-refractivity contribution in [3.05, 3.63) is 48.6 Å². The second-order valence-corrected chi connectivity index (χ2v) is 9.18. The van der Waals surface area contributed by atoms with Crippen LogP contribution in [0.15, 0.2) is 43.0 Å². The second kappa shape index (κ2) is 33.3. The molecule has 224 valence electrons. The number of hydrogen-bond acceptors (Lipinski definition) is 7. The van der Waals surface area contributed by atoms with Gasteiger partial charge < -0.3 is 35.8 Å². The molecule has 1 aromatic carbocycles. The number of nitrogens with zero attached hydrogens (tertiary/aromatic N) is 1. The third-order valence-electron chi connectivity index (χ3n) is 5.40. The van der Waals surface area contributed by atoms with Gasteiger partial charge in [0.1, 0.15) is 0 Å². The third kappa shape index (κ3) is 34.9. The number of allylic oxidation sites excluding steroid dienone is 1. The van der Waals surface area contributed by atoms with E-state index >= 15 is 0 Å². The summed E-state index contributed by atoms with van der Waals surface area (Å²) in [7, 11) is 0. The van der Waals surface area contributed by atoms with Crippen LogP contribution in [0, 0.1) is 0 Å². The monoisotopic (exact) mass is 595 g/mol. The largest absolute Gasteiger partial charge is 1.00 e. The molecule has 0 fully saturated rings. The molecule has 3 atom stereocenters. The van der Waals surface area contributed by atoms with E-state index in [1.807, 2.05) is 71.9 Å². The smallest absolute Gasteiger partial charge is 0.550 e. The molecule has 2 amide bonds. The van der Waals surface area contributed by atoms with E-state index in [2.05, 4.69) is 18.8 Å². The molecule has 3 N–H and O–H groups in total. The SMILES string of the molecule is C=CC.CCC(C)N.CCC(C)N(Cc1ccccc1)C(=O)CCC(=O)[O-].CCC(C)NC(=O)CCC(=O)[O-].[Na+].[Na+]. The van der Waals surface area contributed by atoms with Gasteiger partial charge in [-0.2, -0.15) is 0 Å². The van der Waals surface area contributed by atoms with Crippen molar-refractivity contribution in [2.75, 3.05) is 0 Å². The molecule has 0 heterocycles. The van der Waals surface area contributed by atoms with Crippen LogP contribution in [0.4, 0.5) is 0 Å². The first-order valence-corrected chi connectivity index (χ1v) is 13.6. The first kappa shape index (κ1) is 49.5. The minimum Gasteiger partial charge on any atom is -0.550 e. The van der Waals surface area contributed by atoms with Crippen LogP contribution in [0.2, 0.25) is 0 Å². The molecule has 0 saturated carbocycles. The molecule has 11 heteroatoms. The van der Waals surface area contributed by atoms with Crippen LogP contribution >= 0.6 is 0 Å². The summed E-state index contributed by atoms with van der Waals surface area (Å²) in [6.07, 6.45) is 4.09. The maximum Gasteiger partial charge on any atom is 1.00 e. The number of nitrogens with one attached hydrogen (secondary N) is 1. The molecule has 0 radical (unpaired) electrons. The number of rotatable bonds is 13. The number of amides is 2. The number of carbonyl (C=O) groups is 4. The van der Waals surface area contributed by atoms with Gasteiger partial charge in [0.05, 0.1) is 0 Å². The topological polar surface area (TPSA) is 156 Å². The van der Waals surface area contributed by atoms with Gasteiger partial charge in [-0.25, -0.2) is 0 Å². The van der Waals surface area contributed by atoms with E-state index in [4.69, 9.17) is 5.73 Å². The van der Waals surface area contributed by atoms with E-state index in [0.29, 0.717) is 12.6 Å². The maximum atomic E-state index is 12.1. The summed E-state index contributed by atoms with van der Waals surface area (Å²) in [4.78, 5) is 45.1. The molecule has 0 aliphatic heterocycles. The summed E-state index contributed by atoms with van der Waals surface area (Å²) >= 11 is 0. The number of hydrogen-bond donors (Lipinski definition) is 2. The Balaban J connectivity index is -0.000000169. The minimum atomic E-state index is -1.19. The Bertz CT molecular complexity index is 811. The summed E-state index contributed by atoms with van der Waals surface area (Å²) in [6.45, 7) is 17.6. The predicted octanol–water partition coefficient (Wildman–Crippen LogP) is -3.28. The first-order chi connectivity index (χ1) is 18.3. The fraction of sp³-hybridized carbons (Fsp3) is 0.600. The molecule has 9 nitrogen and oxygen atoms in total.